The van der Waals surface area contributed by atoms with Crippen molar-refractivity contribution < 1.29 is 9.13 Å². The molecule has 0 heterocycles. The first kappa shape index (κ1) is 13.2. The van der Waals surface area contributed by atoms with Crippen LogP contribution in [0.15, 0.2) is 34.8 Å². The molecule has 0 fully saturated rings. The third-order valence-electron chi connectivity index (χ3n) is 2.40. The van der Waals surface area contributed by atoms with Gasteiger partial charge in [-0.25, -0.2) is 4.39 Å². The minimum Gasteiger partial charge on any atom is -0.454 e. The zero-order valence-corrected chi connectivity index (χ0v) is 11.8. The highest BCUT2D eigenvalue weighted by Crippen LogP contribution is 2.35. The number of halogens is 3. The van der Waals surface area contributed by atoms with E-state index in [4.69, 9.17) is 22.1 Å². The van der Waals surface area contributed by atoms with E-state index in [0.29, 0.717) is 22.1 Å². The van der Waals surface area contributed by atoms with Crippen molar-refractivity contribution in [3.05, 3.63) is 51.2 Å². The first-order chi connectivity index (χ1) is 8.47. The average Bonchev–Trinajstić information content (AvgIpc) is 2.30. The van der Waals surface area contributed by atoms with E-state index in [2.05, 4.69) is 15.9 Å². The molecule has 18 heavy (non-hydrogen) atoms. The van der Waals surface area contributed by atoms with Gasteiger partial charge in [0.2, 0.25) is 0 Å². The molecule has 2 nitrogen and oxygen atoms in total. The lowest BCUT2D eigenvalue weighted by molar-refractivity contribution is 0.482. The molecule has 0 bridgehead atoms. The summed E-state index contributed by atoms with van der Waals surface area (Å²) in [4.78, 5) is 0. The highest BCUT2D eigenvalue weighted by atomic mass is 79.9. The molecule has 0 aliphatic heterocycles. The molecule has 0 saturated heterocycles. The van der Waals surface area contributed by atoms with Gasteiger partial charge >= 0.3 is 0 Å². The molecule has 2 rings (SSSR count). The Kier molecular flexibility index (Phi) is 3.78. The molecule has 0 saturated carbocycles. The fourth-order valence-electron chi connectivity index (χ4n) is 1.43. The summed E-state index contributed by atoms with van der Waals surface area (Å²) in [7, 11) is 0. The van der Waals surface area contributed by atoms with Gasteiger partial charge in [0.15, 0.2) is 5.75 Å². The van der Waals surface area contributed by atoms with Crippen LogP contribution in [0.2, 0.25) is 5.02 Å². The fraction of sp³-hybridized carbons (Fsp3) is 0.0769. The summed E-state index contributed by atoms with van der Waals surface area (Å²) in [6, 6.07) is 8.00. The van der Waals surface area contributed by atoms with Gasteiger partial charge in [0.05, 0.1) is 10.7 Å². The average molecular weight is 331 g/mol. The molecule has 0 spiro atoms. The van der Waals surface area contributed by atoms with Crippen molar-refractivity contribution in [2.75, 3.05) is 5.73 Å². The Morgan fingerprint density at radius 3 is 2.67 bits per heavy atom. The van der Waals surface area contributed by atoms with Gasteiger partial charge in [0.1, 0.15) is 11.6 Å². The van der Waals surface area contributed by atoms with E-state index in [1.165, 1.54) is 6.07 Å². The number of anilines is 1. The maximum absolute atomic E-state index is 13.3. The van der Waals surface area contributed by atoms with Crippen molar-refractivity contribution in [3.8, 4) is 11.5 Å². The summed E-state index contributed by atoms with van der Waals surface area (Å²) < 4.78 is 19.7. The lowest BCUT2D eigenvalue weighted by Gasteiger charge is -2.11. The number of hydrogen-bond acceptors (Lipinski definition) is 2. The van der Waals surface area contributed by atoms with Crippen molar-refractivity contribution in [3.63, 3.8) is 0 Å². The van der Waals surface area contributed by atoms with Crippen LogP contribution >= 0.6 is 27.5 Å². The van der Waals surface area contributed by atoms with Crippen molar-refractivity contribution >= 4 is 33.2 Å². The minimum absolute atomic E-state index is 0.231. The predicted molar refractivity (Wildman–Crippen MR) is 74.8 cm³/mol. The summed E-state index contributed by atoms with van der Waals surface area (Å²) in [5.74, 6) is 0.484. The standard InChI is InChI=1S/C13H10BrClFNO/c1-7-4-13(11(17)6-10(7)16)18-12-5-8(14)2-3-9(12)15/h2-6H,17H2,1H3. The van der Waals surface area contributed by atoms with Crippen LogP contribution in [0.4, 0.5) is 10.1 Å². The number of aryl methyl sites for hydroxylation is 1. The second kappa shape index (κ2) is 5.16. The van der Waals surface area contributed by atoms with Gasteiger partial charge in [-0.05, 0) is 36.8 Å². The highest BCUT2D eigenvalue weighted by molar-refractivity contribution is 9.10. The van der Waals surface area contributed by atoms with Crippen LogP contribution < -0.4 is 10.5 Å². The fourth-order valence-corrected chi connectivity index (χ4v) is 1.93. The Bertz CT molecular complexity index is 604. The summed E-state index contributed by atoms with van der Waals surface area (Å²) in [5, 5.41) is 0.458. The molecule has 0 unspecified atom stereocenters. The lowest BCUT2D eigenvalue weighted by Crippen LogP contribution is -1.95. The van der Waals surface area contributed by atoms with E-state index >= 15 is 0 Å². The number of ether oxygens (including phenoxy) is 1. The van der Waals surface area contributed by atoms with Crippen molar-refractivity contribution in [2.45, 2.75) is 6.92 Å². The molecule has 94 valence electrons. The Labute approximate surface area is 118 Å². The van der Waals surface area contributed by atoms with Gasteiger partial charge in [0, 0.05) is 10.5 Å². The third-order valence-corrected chi connectivity index (χ3v) is 3.21. The van der Waals surface area contributed by atoms with Gasteiger partial charge in [-0.1, -0.05) is 27.5 Å². The third kappa shape index (κ3) is 2.76. The van der Waals surface area contributed by atoms with Crippen LogP contribution in [0, 0.1) is 12.7 Å². The van der Waals surface area contributed by atoms with E-state index in [1.54, 1.807) is 31.2 Å². The number of nitrogen functional groups attached to an aromatic ring is 1. The van der Waals surface area contributed by atoms with Gasteiger partial charge < -0.3 is 10.5 Å². The molecule has 2 N–H and O–H groups in total. The molecule has 2 aromatic carbocycles. The molecule has 0 atom stereocenters. The number of rotatable bonds is 2. The largest absolute Gasteiger partial charge is 0.454 e. The molecule has 0 aliphatic carbocycles. The molecule has 2 aromatic rings. The van der Waals surface area contributed by atoms with Crippen LogP contribution in [-0.2, 0) is 0 Å². The van der Waals surface area contributed by atoms with Crippen molar-refractivity contribution in [1.82, 2.24) is 0 Å². The van der Waals surface area contributed by atoms with Crippen LogP contribution in [0.25, 0.3) is 0 Å². The first-order valence-electron chi connectivity index (χ1n) is 5.16. The molecular formula is C13H10BrClFNO. The summed E-state index contributed by atoms with van der Waals surface area (Å²) >= 11 is 9.33. The van der Waals surface area contributed by atoms with E-state index in [0.717, 1.165) is 4.47 Å². The number of nitrogens with two attached hydrogens (primary N) is 1. The second-order valence-electron chi connectivity index (χ2n) is 3.82. The maximum atomic E-state index is 13.3. The Morgan fingerprint density at radius 1 is 1.22 bits per heavy atom. The smallest absolute Gasteiger partial charge is 0.150 e. The Hall–Kier alpha value is -1.26. The molecule has 5 heteroatoms. The van der Waals surface area contributed by atoms with E-state index in [9.17, 15) is 4.39 Å². The lowest BCUT2D eigenvalue weighted by atomic mass is 10.2. The van der Waals surface area contributed by atoms with E-state index in [-0.39, 0.29) is 11.5 Å². The van der Waals surface area contributed by atoms with E-state index < -0.39 is 0 Å². The topological polar surface area (TPSA) is 35.2 Å². The van der Waals surface area contributed by atoms with E-state index in [1.807, 2.05) is 0 Å². The zero-order valence-electron chi connectivity index (χ0n) is 9.51. The first-order valence-corrected chi connectivity index (χ1v) is 6.33. The minimum atomic E-state index is -0.361. The molecular weight excluding hydrogens is 321 g/mol. The molecule has 0 aliphatic rings. The Morgan fingerprint density at radius 2 is 1.94 bits per heavy atom. The maximum Gasteiger partial charge on any atom is 0.150 e. The van der Waals surface area contributed by atoms with Gasteiger partial charge in [-0.2, -0.15) is 0 Å². The predicted octanol–water partition coefficient (Wildman–Crippen LogP) is 4.92. The quantitative estimate of drug-likeness (QED) is 0.793. The zero-order chi connectivity index (χ0) is 13.3. The second-order valence-corrected chi connectivity index (χ2v) is 5.14. The summed E-state index contributed by atoms with van der Waals surface area (Å²) in [5.41, 5.74) is 6.40. The molecule has 0 aromatic heterocycles. The SMILES string of the molecule is Cc1cc(Oc2cc(Br)ccc2Cl)c(N)cc1F. The molecule has 0 radical (unpaired) electrons. The van der Waals surface area contributed by atoms with Gasteiger partial charge in [0.25, 0.3) is 0 Å². The Balaban J connectivity index is 2.40. The number of hydrogen-bond donors (Lipinski definition) is 1. The highest BCUT2D eigenvalue weighted by Gasteiger charge is 2.09. The van der Waals surface area contributed by atoms with Crippen molar-refractivity contribution in [2.24, 2.45) is 0 Å². The monoisotopic (exact) mass is 329 g/mol. The van der Waals surface area contributed by atoms with Gasteiger partial charge in [-0.15, -0.1) is 0 Å². The molecule has 0 amide bonds. The van der Waals surface area contributed by atoms with Crippen LogP contribution in [0.3, 0.4) is 0 Å². The van der Waals surface area contributed by atoms with Crippen molar-refractivity contribution in [1.29, 1.82) is 0 Å². The summed E-state index contributed by atoms with van der Waals surface area (Å²) in [6.07, 6.45) is 0. The van der Waals surface area contributed by atoms with Crippen LogP contribution in [0.5, 0.6) is 11.5 Å². The summed E-state index contributed by atoms with van der Waals surface area (Å²) in [6.45, 7) is 1.64. The van der Waals surface area contributed by atoms with Gasteiger partial charge in [-0.3, -0.25) is 0 Å². The number of benzene rings is 2. The van der Waals surface area contributed by atoms with Crippen LogP contribution in [-0.4, -0.2) is 0 Å². The normalized spacial score (nSPS) is 10.4. The van der Waals surface area contributed by atoms with Crippen LogP contribution in [0.1, 0.15) is 5.56 Å².